The van der Waals surface area contributed by atoms with Gasteiger partial charge in [0.2, 0.25) is 17.7 Å². The monoisotopic (exact) mass is 285 g/mol. The maximum atomic E-state index is 5.99. The zero-order chi connectivity index (χ0) is 13.1. The van der Waals surface area contributed by atoms with E-state index in [2.05, 4.69) is 9.97 Å². The fourth-order valence-electron chi connectivity index (χ4n) is 1.25. The summed E-state index contributed by atoms with van der Waals surface area (Å²) in [4.78, 5) is 7.75. The van der Waals surface area contributed by atoms with Crippen LogP contribution in [0.4, 0.5) is 5.95 Å². The van der Waals surface area contributed by atoms with Gasteiger partial charge in [0.25, 0.3) is 0 Å². The molecule has 0 saturated heterocycles. The highest BCUT2D eigenvalue weighted by molar-refractivity contribution is 6.42. The highest BCUT2D eigenvalue weighted by Crippen LogP contribution is 2.34. The topological polar surface area (TPSA) is 70.3 Å². The van der Waals surface area contributed by atoms with Gasteiger partial charge in [-0.15, -0.1) is 0 Å². The fourth-order valence-corrected chi connectivity index (χ4v) is 1.58. The lowest BCUT2D eigenvalue weighted by Crippen LogP contribution is -1.99. The lowest BCUT2D eigenvalue weighted by atomic mass is 10.3. The summed E-state index contributed by atoms with van der Waals surface area (Å²) in [6.45, 7) is 0. The number of ether oxygens (including phenoxy) is 2. The summed E-state index contributed by atoms with van der Waals surface area (Å²) >= 11 is 11.9. The van der Waals surface area contributed by atoms with E-state index in [1.54, 1.807) is 18.2 Å². The van der Waals surface area contributed by atoms with Gasteiger partial charge in [0.05, 0.1) is 18.2 Å². The summed E-state index contributed by atoms with van der Waals surface area (Å²) in [6, 6.07) is 6.53. The van der Waals surface area contributed by atoms with Gasteiger partial charge in [-0.1, -0.05) is 29.3 Å². The Bertz CT molecular complexity index is 578. The Labute approximate surface area is 113 Å². The van der Waals surface area contributed by atoms with Crippen molar-refractivity contribution in [3.05, 3.63) is 34.3 Å². The molecule has 0 fully saturated rings. The van der Waals surface area contributed by atoms with Gasteiger partial charge in [-0.3, -0.25) is 0 Å². The molecule has 94 valence electrons. The van der Waals surface area contributed by atoms with Crippen LogP contribution in [0.2, 0.25) is 10.0 Å². The molecule has 2 N–H and O–H groups in total. The van der Waals surface area contributed by atoms with Gasteiger partial charge in [0.15, 0.2) is 0 Å². The molecule has 0 saturated carbocycles. The van der Waals surface area contributed by atoms with Gasteiger partial charge in [0, 0.05) is 0 Å². The SMILES string of the molecule is COc1cc(Oc2cccc(Cl)c2Cl)nc(N)n1. The zero-order valence-corrected chi connectivity index (χ0v) is 10.9. The Morgan fingerprint density at radius 1 is 1.17 bits per heavy atom. The molecule has 2 aromatic rings. The third-order valence-corrected chi connectivity index (χ3v) is 2.84. The molecule has 0 radical (unpaired) electrons. The lowest BCUT2D eigenvalue weighted by Gasteiger charge is -2.08. The number of nitrogens with zero attached hydrogens (tertiary/aromatic N) is 2. The number of nitrogens with two attached hydrogens (primary N) is 1. The summed E-state index contributed by atoms with van der Waals surface area (Å²) in [5.41, 5.74) is 5.52. The maximum Gasteiger partial charge on any atom is 0.227 e. The standard InChI is InChI=1S/C11H9Cl2N3O2/c1-17-8-5-9(16-11(14)15-8)18-7-4-2-3-6(12)10(7)13/h2-5H,1H3,(H2,14,15,16). The van der Waals surface area contributed by atoms with Gasteiger partial charge in [0.1, 0.15) is 10.8 Å². The smallest absolute Gasteiger partial charge is 0.227 e. The number of anilines is 1. The minimum absolute atomic E-state index is 0.0440. The van der Waals surface area contributed by atoms with E-state index in [0.29, 0.717) is 21.7 Å². The Balaban J connectivity index is 2.34. The molecule has 18 heavy (non-hydrogen) atoms. The molecular formula is C11H9Cl2N3O2. The second-order valence-corrected chi connectivity index (χ2v) is 4.05. The molecule has 0 aliphatic heterocycles. The fraction of sp³-hybridized carbons (Fsp3) is 0.0909. The molecule has 0 aliphatic rings. The van der Waals surface area contributed by atoms with E-state index in [4.69, 9.17) is 38.4 Å². The number of benzene rings is 1. The quantitative estimate of drug-likeness (QED) is 0.938. The van der Waals surface area contributed by atoms with Crippen molar-refractivity contribution in [2.75, 3.05) is 12.8 Å². The molecule has 0 aliphatic carbocycles. The van der Waals surface area contributed by atoms with Crippen molar-refractivity contribution in [2.45, 2.75) is 0 Å². The molecule has 0 atom stereocenters. The van der Waals surface area contributed by atoms with Crippen LogP contribution in [0.3, 0.4) is 0 Å². The number of methoxy groups -OCH3 is 1. The van der Waals surface area contributed by atoms with Crippen LogP contribution in [0.1, 0.15) is 0 Å². The largest absolute Gasteiger partial charge is 0.481 e. The van der Waals surface area contributed by atoms with Crippen molar-refractivity contribution in [3.8, 4) is 17.5 Å². The first-order chi connectivity index (χ1) is 8.60. The Morgan fingerprint density at radius 2 is 1.89 bits per heavy atom. The normalized spacial score (nSPS) is 10.2. The molecule has 0 bridgehead atoms. The summed E-state index contributed by atoms with van der Waals surface area (Å²) < 4.78 is 10.4. The minimum atomic E-state index is 0.0440. The predicted octanol–water partition coefficient (Wildman–Crippen LogP) is 3.17. The summed E-state index contributed by atoms with van der Waals surface area (Å²) in [7, 11) is 1.47. The number of rotatable bonds is 3. The Hall–Kier alpha value is -1.72. The van der Waals surface area contributed by atoms with Crippen molar-refractivity contribution in [2.24, 2.45) is 0 Å². The van der Waals surface area contributed by atoms with Crippen molar-refractivity contribution in [3.63, 3.8) is 0 Å². The molecule has 0 amide bonds. The van der Waals surface area contributed by atoms with E-state index in [1.807, 2.05) is 0 Å². The van der Waals surface area contributed by atoms with Crippen molar-refractivity contribution in [1.82, 2.24) is 9.97 Å². The molecule has 1 heterocycles. The average molecular weight is 286 g/mol. The van der Waals surface area contributed by atoms with Crippen LogP contribution in [-0.4, -0.2) is 17.1 Å². The van der Waals surface area contributed by atoms with Crippen LogP contribution in [0.25, 0.3) is 0 Å². The minimum Gasteiger partial charge on any atom is -0.481 e. The number of aromatic nitrogens is 2. The van der Waals surface area contributed by atoms with Gasteiger partial charge in [-0.2, -0.15) is 9.97 Å². The number of nitrogen functional groups attached to an aromatic ring is 1. The number of hydrogen-bond acceptors (Lipinski definition) is 5. The molecule has 0 spiro atoms. The molecular weight excluding hydrogens is 277 g/mol. The van der Waals surface area contributed by atoms with E-state index >= 15 is 0 Å². The number of hydrogen-bond donors (Lipinski definition) is 1. The van der Waals surface area contributed by atoms with Crippen LogP contribution in [-0.2, 0) is 0 Å². The summed E-state index contributed by atoms with van der Waals surface area (Å²) in [5, 5.41) is 0.693. The van der Waals surface area contributed by atoms with Gasteiger partial charge >= 0.3 is 0 Å². The highest BCUT2D eigenvalue weighted by atomic mass is 35.5. The van der Waals surface area contributed by atoms with Gasteiger partial charge in [-0.05, 0) is 12.1 Å². The average Bonchev–Trinajstić information content (AvgIpc) is 2.34. The molecule has 0 unspecified atom stereocenters. The summed E-state index contributed by atoms with van der Waals surface area (Å²) in [5.74, 6) is 0.950. The first-order valence-corrected chi connectivity index (χ1v) is 5.66. The van der Waals surface area contributed by atoms with E-state index < -0.39 is 0 Å². The van der Waals surface area contributed by atoms with Crippen molar-refractivity contribution < 1.29 is 9.47 Å². The molecule has 7 heteroatoms. The van der Waals surface area contributed by atoms with Crippen molar-refractivity contribution >= 4 is 29.2 Å². The zero-order valence-electron chi connectivity index (χ0n) is 9.35. The van der Waals surface area contributed by atoms with Gasteiger partial charge in [-0.25, -0.2) is 0 Å². The first kappa shape index (κ1) is 12.7. The first-order valence-electron chi connectivity index (χ1n) is 4.90. The Morgan fingerprint density at radius 3 is 2.61 bits per heavy atom. The van der Waals surface area contributed by atoms with Crippen LogP contribution in [0.5, 0.6) is 17.5 Å². The van der Waals surface area contributed by atoms with Crippen LogP contribution >= 0.6 is 23.2 Å². The lowest BCUT2D eigenvalue weighted by molar-refractivity contribution is 0.389. The van der Waals surface area contributed by atoms with Gasteiger partial charge < -0.3 is 15.2 Å². The molecule has 2 rings (SSSR count). The second-order valence-electron chi connectivity index (χ2n) is 3.26. The molecule has 5 nitrogen and oxygen atoms in total. The third-order valence-electron chi connectivity index (χ3n) is 2.04. The van der Waals surface area contributed by atoms with Crippen LogP contribution in [0, 0.1) is 0 Å². The second kappa shape index (κ2) is 5.29. The van der Waals surface area contributed by atoms with Crippen LogP contribution in [0.15, 0.2) is 24.3 Å². The maximum absolute atomic E-state index is 5.99. The van der Waals surface area contributed by atoms with E-state index in [0.717, 1.165) is 0 Å². The highest BCUT2D eigenvalue weighted by Gasteiger charge is 2.09. The molecule has 1 aromatic carbocycles. The van der Waals surface area contributed by atoms with E-state index in [9.17, 15) is 0 Å². The molecule has 1 aromatic heterocycles. The number of halogens is 2. The van der Waals surface area contributed by atoms with Crippen LogP contribution < -0.4 is 15.2 Å². The third kappa shape index (κ3) is 2.75. The van der Waals surface area contributed by atoms with Crippen molar-refractivity contribution in [1.29, 1.82) is 0 Å². The summed E-state index contributed by atoms with van der Waals surface area (Å²) in [6.07, 6.45) is 0. The predicted molar refractivity (Wildman–Crippen MR) is 69.5 cm³/mol. The van der Waals surface area contributed by atoms with E-state index in [-0.39, 0.29) is 11.8 Å². The van der Waals surface area contributed by atoms with E-state index in [1.165, 1.54) is 13.2 Å². The Kier molecular flexibility index (Phi) is 3.74.